The van der Waals surface area contributed by atoms with Crippen molar-refractivity contribution in [2.45, 2.75) is 19.3 Å². The van der Waals surface area contributed by atoms with Gasteiger partial charge in [-0.05, 0) is 62.0 Å². The first-order valence-electron chi connectivity index (χ1n) is 9.76. The number of fused-ring (bicyclic) bond motifs is 1. The van der Waals surface area contributed by atoms with Crippen LogP contribution in [0.15, 0.2) is 35.7 Å². The highest BCUT2D eigenvalue weighted by atomic mass is 32.1. The Labute approximate surface area is 173 Å². The molecule has 2 aliphatic heterocycles. The van der Waals surface area contributed by atoms with Crippen LogP contribution < -0.4 is 9.80 Å². The molecule has 152 valence electrons. The van der Waals surface area contributed by atoms with Gasteiger partial charge in [-0.25, -0.2) is 4.79 Å². The van der Waals surface area contributed by atoms with E-state index in [2.05, 4.69) is 4.90 Å². The first kappa shape index (κ1) is 19.6. The number of thiophene rings is 1. The maximum atomic E-state index is 13.0. The van der Waals surface area contributed by atoms with Crippen LogP contribution in [0.3, 0.4) is 0 Å². The van der Waals surface area contributed by atoms with Gasteiger partial charge in [-0.2, -0.15) is 0 Å². The summed E-state index contributed by atoms with van der Waals surface area (Å²) < 4.78 is 0. The molecule has 0 aliphatic carbocycles. The van der Waals surface area contributed by atoms with Crippen LogP contribution >= 0.6 is 11.3 Å². The molecule has 0 saturated carbocycles. The minimum atomic E-state index is -1.05. The molecule has 3 heterocycles. The number of amides is 2. The second kappa shape index (κ2) is 8.34. The Balaban J connectivity index is 1.62. The molecule has 1 aromatic heterocycles. The fourth-order valence-corrected chi connectivity index (χ4v) is 4.60. The molecule has 1 aromatic carbocycles. The number of carbonyl (C=O) groups excluding carboxylic acids is 2. The van der Waals surface area contributed by atoms with E-state index in [4.69, 9.17) is 0 Å². The van der Waals surface area contributed by atoms with Gasteiger partial charge >= 0.3 is 5.97 Å². The summed E-state index contributed by atoms with van der Waals surface area (Å²) in [4.78, 5) is 43.7. The third kappa shape index (κ3) is 4.18. The lowest BCUT2D eigenvalue weighted by Crippen LogP contribution is -2.51. The van der Waals surface area contributed by atoms with Crippen LogP contribution in [0.2, 0.25) is 0 Å². The van der Waals surface area contributed by atoms with Gasteiger partial charge in [-0.1, -0.05) is 6.07 Å². The van der Waals surface area contributed by atoms with E-state index in [0.29, 0.717) is 24.3 Å². The second-order valence-corrected chi connectivity index (χ2v) is 8.38. The molecule has 0 radical (unpaired) electrons. The monoisotopic (exact) mass is 413 g/mol. The van der Waals surface area contributed by atoms with Crippen molar-refractivity contribution in [1.82, 2.24) is 4.90 Å². The van der Waals surface area contributed by atoms with Crippen molar-refractivity contribution in [1.29, 1.82) is 0 Å². The zero-order valence-corrected chi connectivity index (χ0v) is 16.9. The number of hydrogen-bond donors (Lipinski definition) is 1. The van der Waals surface area contributed by atoms with Crippen LogP contribution in [0.1, 0.15) is 28.1 Å². The smallest absolute Gasteiger partial charge is 0.335 e. The molecule has 2 aromatic rings. The zero-order valence-electron chi connectivity index (χ0n) is 16.0. The molecule has 1 saturated heterocycles. The van der Waals surface area contributed by atoms with E-state index in [1.54, 1.807) is 22.3 Å². The lowest BCUT2D eigenvalue weighted by atomic mass is 10.1. The number of carboxylic acid groups (broad SMARTS) is 1. The van der Waals surface area contributed by atoms with Gasteiger partial charge in [0.05, 0.1) is 23.5 Å². The van der Waals surface area contributed by atoms with Gasteiger partial charge in [-0.15, -0.1) is 11.3 Å². The van der Waals surface area contributed by atoms with Crippen LogP contribution in [0.25, 0.3) is 0 Å². The summed E-state index contributed by atoms with van der Waals surface area (Å²) in [6.45, 7) is 2.43. The summed E-state index contributed by atoms with van der Waals surface area (Å²) in [7, 11) is 0. The van der Waals surface area contributed by atoms with Crippen molar-refractivity contribution in [2.24, 2.45) is 0 Å². The molecule has 0 spiro atoms. The number of rotatable bonds is 6. The van der Waals surface area contributed by atoms with Crippen molar-refractivity contribution in [3.8, 4) is 0 Å². The standard InChI is InChI=1S/C21H23N3O4S/c25-19(13-22-8-1-2-9-22)24-14-20(26)23(10-7-16-4-3-11-29-16)17-6-5-15(21(27)28)12-18(17)24/h3-6,11-12H,1-2,7-10,13-14H2,(H,27,28). The van der Waals surface area contributed by atoms with Crippen LogP contribution in [0.5, 0.6) is 0 Å². The Morgan fingerprint density at radius 2 is 1.90 bits per heavy atom. The predicted octanol–water partition coefficient (Wildman–Crippen LogP) is 2.46. The highest BCUT2D eigenvalue weighted by Crippen LogP contribution is 2.35. The third-order valence-corrected chi connectivity index (χ3v) is 6.36. The predicted molar refractivity (Wildman–Crippen MR) is 112 cm³/mol. The molecule has 4 rings (SSSR count). The molecule has 2 amide bonds. The molecular weight excluding hydrogens is 390 g/mol. The summed E-state index contributed by atoms with van der Waals surface area (Å²) in [5, 5.41) is 11.4. The fourth-order valence-electron chi connectivity index (χ4n) is 3.90. The zero-order chi connectivity index (χ0) is 20.4. The molecule has 0 unspecified atom stereocenters. The van der Waals surface area contributed by atoms with Crippen molar-refractivity contribution in [3.63, 3.8) is 0 Å². The number of benzene rings is 1. The molecule has 1 fully saturated rings. The average molecular weight is 413 g/mol. The van der Waals surface area contributed by atoms with E-state index in [-0.39, 0.29) is 30.5 Å². The van der Waals surface area contributed by atoms with Gasteiger partial charge in [0, 0.05) is 11.4 Å². The number of nitrogens with zero attached hydrogens (tertiary/aromatic N) is 3. The maximum absolute atomic E-state index is 13.0. The molecule has 8 heteroatoms. The van der Waals surface area contributed by atoms with E-state index >= 15 is 0 Å². The highest BCUT2D eigenvalue weighted by Gasteiger charge is 2.33. The average Bonchev–Trinajstić information content (AvgIpc) is 3.40. The normalized spacial score (nSPS) is 16.9. The van der Waals surface area contributed by atoms with Gasteiger partial charge in [0.25, 0.3) is 0 Å². The second-order valence-electron chi connectivity index (χ2n) is 7.35. The molecule has 7 nitrogen and oxygen atoms in total. The Kier molecular flexibility index (Phi) is 5.64. The van der Waals surface area contributed by atoms with Gasteiger partial charge in [0.1, 0.15) is 6.54 Å². The summed E-state index contributed by atoms with van der Waals surface area (Å²) >= 11 is 1.64. The molecule has 2 aliphatic rings. The van der Waals surface area contributed by atoms with Crippen molar-refractivity contribution in [2.75, 3.05) is 42.5 Å². The van der Waals surface area contributed by atoms with Gasteiger partial charge in [0.2, 0.25) is 11.8 Å². The van der Waals surface area contributed by atoms with Crippen molar-refractivity contribution >= 4 is 40.5 Å². The fraction of sp³-hybridized carbons (Fsp3) is 0.381. The summed E-state index contributed by atoms with van der Waals surface area (Å²) in [5.41, 5.74) is 1.20. The van der Waals surface area contributed by atoms with Crippen LogP contribution in [0.4, 0.5) is 11.4 Å². The first-order chi connectivity index (χ1) is 14.0. The van der Waals surface area contributed by atoms with Crippen LogP contribution in [-0.4, -0.2) is 60.5 Å². The number of likely N-dealkylation sites (tertiary alicyclic amines) is 1. The number of carboxylic acids is 1. The topological polar surface area (TPSA) is 81.2 Å². The minimum absolute atomic E-state index is 0.0623. The Hall–Kier alpha value is -2.71. The summed E-state index contributed by atoms with van der Waals surface area (Å²) in [6.07, 6.45) is 2.86. The summed E-state index contributed by atoms with van der Waals surface area (Å²) in [6, 6.07) is 8.63. The van der Waals surface area contributed by atoms with E-state index in [1.165, 1.54) is 21.9 Å². The first-order valence-corrected chi connectivity index (χ1v) is 10.6. The lowest BCUT2D eigenvalue weighted by molar-refractivity contribution is -0.123. The lowest BCUT2D eigenvalue weighted by Gasteiger charge is -2.37. The van der Waals surface area contributed by atoms with Crippen LogP contribution in [-0.2, 0) is 16.0 Å². The SMILES string of the molecule is O=C(O)c1ccc2c(c1)N(C(=O)CN1CCCC1)CC(=O)N2CCc1cccs1. The molecular formula is C21H23N3O4S. The largest absolute Gasteiger partial charge is 0.478 e. The van der Waals surface area contributed by atoms with Crippen molar-refractivity contribution < 1.29 is 19.5 Å². The quantitative estimate of drug-likeness (QED) is 0.787. The number of aromatic carboxylic acids is 1. The van der Waals surface area contributed by atoms with Gasteiger partial charge < -0.3 is 10.0 Å². The Morgan fingerprint density at radius 1 is 1.10 bits per heavy atom. The Bertz CT molecular complexity index is 922. The molecule has 0 bridgehead atoms. The van der Waals surface area contributed by atoms with E-state index in [1.807, 2.05) is 17.5 Å². The molecule has 1 N–H and O–H groups in total. The third-order valence-electron chi connectivity index (χ3n) is 5.42. The van der Waals surface area contributed by atoms with E-state index in [0.717, 1.165) is 25.9 Å². The number of carbonyl (C=O) groups is 3. The van der Waals surface area contributed by atoms with Gasteiger partial charge in [-0.3, -0.25) is 19.4 Å². The van der Waals surface area contributed by atoms with E-state index in [9.17, 15) is 19.5 Å². The molecule has 29 heavy (non-hydrogen) atoms. The minimum Gasteiger partial charge on any atom is -0.478 e. The summed E-state index contributed by atoms with van der Waals surface area (Å²) in [5.74, 6) is -1.37. The Morgan fingerprint density at radius 3 is 2.59 bits per heavy atom. The highest BCUT2D eigenvalue weighted by molar-refractivity contribution is 7.09. The number of hydrogen-bond acceptors (Lipinski definition) is 5. The number of anilines is 2. The molecule has 0 atom stereocenters. The van der Waals surface area contributed by atoms with Crippen LogP contribution in [0, 0.1) is 0 Å². The van der Waals surface area contributed by atoms with Crippen molar-refractivity contribution in [3.05, 3.63) is 46.2 Å². The maximum Gasteiger partial charge on any atom is 0.335 e. The van der Waals surface area contributed by atoms with E-state index < -0.39 is 5.97 Å². The van der Waals surface area contributed by atoms with Gasteiger partial charge in [0.15, 0.2) is 0 Å².